The normalized spacial score (nSPS) is 26.2. The Hall–Kier alpha value is -1.92. The van der Waals surface area contributed by atoms with Gasteiger partial charge < -0.3 is 14.6 Å². The molecular weight excluding hydrogens is 454 g/mol. The molecule has 1 saturated heterocycles. The summed E-state index contributed by atoms with van der Waals surface area (Å²) >= 11 is 0. The molecule has 1 heterocycles. The maximum absolute atomic E-state index is 11.3. The fraction of sp³-hybridized carbons (Fsp3) is 0.385. The first-order valence-electron chi connectivity index (χ1n) is 10.8. The summed E-state index contributed by atoms with van der Waals surface area (Å²) in [4.78, 5) is 2.28. The van der Waals surface area contributed by atoms with E-state index in [1.54, 1.807) is 7.11 Å². The lowest BCUT2D eigenvalue weighted by atomic mass is 9.88. The highest BCUT2D eigenvalue weighted by Gasteiger charge is 2.45. The monoisotopic (exact) mass is 483 g/mol. The average Bonchev–Trinajstić information content (AvgIpc) is 2.78. The zero-order valence-corrected chi connectivity index (χ0v) is 19.8. The number of ether oxygens (including phenoxy) is 2. The van der Waals surface area contributed by atoms with Crippen LogP contribution in [0.2, 0.25) is 0 Å². The lowest BCUT2D eigenvalue weighted by Crippen LogP contribution is -2.58. The van der Waals surface area contributed by atoms with E-state index in [1.807, 2.05) is 24.3 Å². The van der Waals surface area contributed by atoms with Gasteiger partial charge in [0.2, 0.25) is 5.79 Å². The molecule has 0 bridgehead atoms. The number of morpholine rings is 1. The van der Waals surface area contributed by atoms with E-state index in [2.05, 4.69) is 48.3 Å². The van der Waals surface area contributed by atoms with Crippen LogP contribution in [-0.4, -0.2) is 42.9 Å². The molecular formula is C26H30BrNO3. The standard InChI is InChI=1S/C26H29NO3.BrH/c1-27-17-26(28,30-25-6-4-3-5-24(25)27)22-12-9-18(10-13-22)19-7-8-21-16-23(29-2)14-11-20(21)15-19;/h7-16,24-25,28H,3-6,17H2,1-2H3;1H. The van der Waals surface area contributed by atoms with E-state index < -0.39 is 5.79 Å². The number of nitrogens with zero attached hydrogens (tertiary/aromatic N) is 1. The number of hydrogen-bond donors (Lipinski definition) is 1. The van der Waals surface area contributed by atoms with Gasteiger partial charge in [-0.15, -0.1) is 17.0 Å². The van der Waals surface area contributed by atoms with Crippen molar-refractivity contribution < 1.29 is 14.6 Å². The summed E-state index contributed by atoms with van der Waals surface area (Å²) < 4.78 is 11.6. The quantitative estimate of drug-likeness (QED) is 0.532. The van der Waals surface area contributed by atoms with Gasteiger partial charge in [0, 0.05) is 11.6 Å². The first kappa shape index (κ1) is 22.3. The minimum atomic E-state index is -1.24. The number of β-amino-alcohol motifs (C(OH)–C–C–N with tert-alkyl or cyclic N) is 1. The van der Waals surface area contributed by atoms with E-state index >= 15 is 0 Å². The summed E-state index contributed by atoms with van der Waals surface area (Å²) in [5, 5.41) is 13.7. The summed E-state index contributed by atoms with van der Waals surface area (Å²) in [6.07, 6.45) is 4.72. The molecule has 5 heteroatoms. The van der Waals surface area contributed by atoms with E-state index in [4.69, 9.17) is 9.47 Å². The van der Waals surface area contributed by atoms with Gasteiger partial charge in [0.1, 0.15) is 5.75 Å². The number of hydrogen-bond acceptors (Lipinski definition) is 4. The van der Waals surface area contributed by atoms with Crippen molar-refractivity contribution in [3.8, 4) is 16.9 Å². The second-order valence-electron chi connectivity index (χ2n) is 8.71. The fourth-order valence-electron chi connectivity index (χ4n) is 5.07. The van der Waals surface area contributed by atoms with Crippen molar-refractivity contribution in [2.45, 2.75) is 43.6 Å². The molecule has 2 aliphatic rings. The van der Waals surface area contributed by atoms with Crippen molar-refractivity contribution in [2.75, 3.05) is 20.7 Å². The molecule has 164 valence electrons. The van der Waals surface area contributed by atoms with Crippen LogP contribution in [0.1, 0.15) is 31.2 Å². The number of aliphatic hydroxyl groups is 1. The van der Waals surface area contributed by atoms with E-state index in [-0.39, 0.29) is 23.1 Å². The minimum Gasteiger partial charge on any atom is -0.497 e. The SMILES string of the molecule is Br.COc1ccc2cc(-c3ccc(C4(O)CN(C)C5CCCCC5O4)cc3)ccc2c1. The molecule has 1 aliphatic carbocycles. The number of rotatable bonds is 3. The first-order valence-corrected chi connectivity index (χ1v) is 10.8. The van der Waals surface area contributed by atoms with Gasteiger partial charge in [-0.3, -0.25) is 4.90 Å². The van der Waals surface area contributed by atoms with Gasteiger partial charge in [-0.2, -0.15) is 0 Å². The number of methoxy groups -OCH3 is 1. The summed E-state index contributed by atoms with van der Waals surface area (Å²) in [7, 11) is 3.79. The van der Waals surface area contributed by atoms with Crippen LogP contribution in [0.15, 0.2) is 60.7 Å². The van der Waals surface area contributed by atoms with Crippen molar-refractivity contribution in [2.24, 2.45) is 0 Å². The van der Waals surface area contributed by atoms with E-state index in [1.165, 1.54) is 18.2 Å². The molecule has 1 aliphatic heterocycles. The Morgan fingerprint density at radius 2 is 1.61 bits per heavy atom. The second kappa shape index (κ2) is 8.91. The van der Waals surface area contributed by atoms with Gasteiger partial charge in [-0.1, -0.05) is 55.3 Å². The van der Waals surface area contributed by atoms with Gasteiger partial charge >= 0.3 is 0 Å². The number of likely N-dealkylation sites (N-methyl/N-ethyl adjacent to an activating group) is 1. The second-order valence-corrected chi connectivity index (χ2v) is 8.71. The van der Waals surface area contributed by atoms with Crippen LogP contribution < -0.4 is 4.74 Å². The summed E-state index contributed by atoms with van der Waals surface area (Å²) in [5.74, 6) is -0.378. The number of halogens is 1. The highest BCUT2D eigenvalue weighted by atomic mass is 79.9. The van der Waals surface area contributed by atoms with E-state index in [9.17, 15) is 5.11 Å². The Kier molecular flexibility index (Phi) is 6.40. The third-order valence-electron chi connectivity index (χ3n) is 6.76. The van der Waals surface area contributed by atoms with Crippen LogP contribution in [-0.2, 0) is 10.5 Å². The van der Waals surface area contributed by atoms with E-state index in [0.717, 1.165) is 40.7 Å². The molecule has 1 saturated carbocycles. The van der Waals surface area contributed by atoms with Gasteiger partial charge in [0.05, 0.1) is 19.8 Å². The number of benzene rings is 3. The highest BCUT2D eigenvalue weighted by Crippen LogP contribution is 2.38. The summed E-state index contributed by atoms with van der Waals surface area (Å²) in [5.41, 5.74) is 3.10. The Balaban J connectivity index is 0.00000231. The van der Waals surface area contributed by atoms with Crippen LogP contribution >= 0.6 is 17.0 Å². The summed E-state index contributed by atoms with van der Waals surface area (Å²) in [6, 6.07) is 21.1. The van der Waals surface area contributed by atoms with Gasteiger partial charge in [-0.25, -0.2) is 0 Å². The molecule has 5 rings (SSSR count). The molecule has 1 N–H and O–H groups in total. The number of fused-ring (bicyclic) bond motifs is 2. The Labute approximate surface area is 194 Å². The van der Waals surface area contributed by atoms with Gasteiger partial charge in [0.25, 0.3) is 0 Å². The fourth-order valence-corrected chi connectivity index (χ4v) is 5.07. The van der Waals surface area contributed by atoms with Gasteiger partial charge in [0.15, 0.2) is 0 Å². The predicted molar refractivity (Wildman–Crippen MR) is 130 cm³/mol. The van der Waals surface area contributed by atoms with Crippen LogP contribution in [0.4, 0.5) is 0 Å². The molecule has 0 aromatic heterocycles. The summed E-state index contributed by atoms with van der Waals surface area (Å²) in [6.45, 7) is 0.505. The third kappa shape index (κ3) is 4.24. The highest BCUT2D eigenvalue weighted by molar-refractivity contribution is 8.93. The lowest BCUT2D eigenvalue weighted by Gasteiger charge is -2.49. The molecule has 4 nitrogen and oxygen atoms in total. The molecule has 3 atom stereocenters. The molecule has 3 aromatic rings. The van der Waals surface area contributed by atoms with Crippen molar-refractivity contribution in [3.63, 3.8) is 0 Å². The van der Waals surface area contributed by atoms with E-state index in [0.29, 0.717) is 12.6 Å². The molecule has 0 spiro atoms. The zero-order chi connectivity index (χ0) is 20.7. The molecule has 3 unspecified atom stereocenters. The lowest BCUT2D eigenvalue weighted by molar-refractivity contribution is -0.293. The largest absolute Gasteiger partial charge is 0.497 e. The first-order chi connectivity index (χ1) is 14.6. The van der Waals surface area contributed by atoms with Crippen LogP contribution in [0.25, 0.3) is 21.9 Å². The topological polar surface area (TPSA) is 41.9 Å². The zero-order valence-electron chi connectivity index (χ0n) is 18.1. The van der Waals surface area contributed by atoms with Crippen molar-refractivity contribution in [1.82, 2.24) is 4.90 Å². The Morgan fingerprint density at radius 3 is 2.39 bits per heavy atom. The maximum Gasteiger partial charge on any atom is 0.205 e. The van der Waals surface area contributed by atoms with Gasteiger partial charge in [-0.05, 0) is 60.0 Å². The van der Waals surface area contributed by atoms with Crippen LogP contribution in [0, 0.1) is 0 Å². The molecule has 0 amide bonds. The van der Waals surface area contributed by atoms with Crippen molar-refractivity contribution in [3.05, 3.63) is 66.2 Å². The van der Waals surface area contributed by atoms with Crippen LogP contribution in [0.5, 0.6) is 5.75 Å². The molecule has 2 fully saturated rings. The molecule has 31 heavy (non-hydrogen) atoms. The van der Waals surface area contributed by atoms with Crippen molar-refractivity contribution >= 4 is 27.8 Å². The van der Waals surface area contributed by atoms with Crippen molar-refractivity contribution in [1.29, 1.82) is 0 Å². The molecule has 3 aromatic carbocycles. The average molecular weight is 484 g/mol. The smallest absolute Gasteiger partial charge is 0.205 e. The maximum atomic E-state index is 11.3. The third-order valence-corrected chi connectivity index (χ3v) is 6.76. The predicted octanol–water partition coefficient (Wildman–Crippen LogP) is 5.51. The van der Waals surface area contributed by atoms with Crippen LogP contribution in [0.3, 0.4) is 0 Å². The molecule has 0 radical (unpaired) electrons. The minimum absolute atomic E-state index is 0. The Morgan fingerprint density at radius 1 is 0.935 bits per heavy atom. The Bertz CT molecular complexity index is 1050.